The van der Waals surface area contributed by atoms with Crippen molar-refractivity contribution in [3.63, 3.8) is 0 Å². The van der Waals surface area contributed by atoms with Gasteiger partial charge >= 0.3 is 0 Å². The van der Waals surface area contributed by atoms with Gasteiger partial charge in [0.25, 0.3) is 0 Å². The second-order valence-electron chi connectivity index (χ2n) is 7.81. The van der Waals surface area contributed by atoms with E-state index in [2.05, 4.69) is 30.1 Å². The van der Waals surface area contributed by atoms with E-state index >= 15 is 0 Å². The van der Waals surface area contributed by atoms with Crippen LogP contribution in [0.2, 0.25) is 0 Å². The van der Waals surface area contributed by atoms with Crippen LogP contribution >= 0.6 is 24.0 Å². The van der Waals surface area contributed by atoms with Crippen LogP contribution in [0.15, 0.2) is 23.5 Å². The molecule has 2 fully saturated rings. The molecule has 0 aliphatic carbocycles. The van der Waals surface area contributed by atoms with Crippen LogP contribution in [-0.4, -0.2) is 111 Å². The first kappa shape index (κ1) is 26.5. The maximum Gasteiger partial charge on any atom is 0.225 e. The number of carbonyl (C=O) groups excluding carboxylic acids is 1. The fourth-order valence-corrected chi connectivity index (χ4v) is 3.94. The lowest BCUT2D eigenvalue weighted by molar-refractivity contribution is -0.131. The molecule has 1 aromatic rings. The Labute approximate surface area is 207 Å². The molecule has 0 aromatic carbocycles. The van der Waals surface area contributed by atoms with Gasteiger partial charge in [-0.15, -0.1) is 24.0 Å². The van der Waals surface area contributed by atoms with Gasteiger partial charge in [-0.1, -0.05) is 0 Å². The number of nitrogens with zero attached hydrogens (tertiary/aromatic N) is 6. The van der Waals surface area contributed by atoms with Gasteiger partial charge in [0.05, 0.1) is 19.8 Å². The highest BCUT2D eigenvalue weighted by atomic mass is 127. The van der Waals surface area contributed by atoms with Gasteiger partial charge in [-0.2, -0.15) is 0 Å². The number of ether oxygens (including phenoxy) is 2. The molecule has 0 saturated carbocycles. The third-order valence-electron chi connectivity index (χ3n) is 5.67. The van der Waals surface area contributed by atoms with Crippen LogP contribution in [0.5, 0.6) is 0 Å². The first-order valence-corrected chi connectivity index (χ1v) is 11.0. The molecule has 10 nitrogen and oxygen atoms in total. The summed E-state index contributed by atoms with van der Waals surface area (Å²) >= 11 is 0. The van der Waals surface area contributed by atoms with Gasteiger partial charge in [-0.3, -0.25) is 9.79 Å². The Kier molecular flexibility index (Phi) is 12.0. The molecule has 1 amide bonds. The minimum Gasteiger partial charge on any atom is -0.382 e. The van der Waals surface area contributed by atoms with Crippen molar-refractivity contribution in [3.05, 3.63) is 18.5 Å². The SMILES string of the molecule is CN=C(NCCC(=O)N1CCN(c2ncccn2)CC1)N1CCC(COCCOC)C1.I. The molecule has 2 saturated heterocycles. The molecule has 2 aliphatic rings. The molecule has 3 heterocycles. The lowest BCUT2D eigenvalue weighted by Gasteiger charge is -2.34. The first-order chi connectivity index (χ1) is 15.2. The number of aromatic nitrogens is 2. The third-order valence-corrected chi connectivity index (χ3v) is 5.67. The number of aliphatic imine (C=N–C) groups is 1. The van der Waals surface area contributed by atoms with E-state index in [-0.39, 0.29) is 29.9 Å². The number of amides is 1. The summed E-state index contributed by atoms with van der Waals surface area (Å²) in [5.74, 6) is 2.26. The van der Waals surface area contributed by atoms with Crippen molar-refractivity contribution in [1.29, 1.82) is 0 Å². The van der Waals surface area contributed by atoms with E-state index < -0.39 is 0 Å². The van der Waals surface area contributed by atoms with Crippen molar-refractivity contribution in [2.45, 2.75) is 12.8 Å². The number of halogens is 1. The summed E-state index contributed by atoms with van der Waals surface area (Å²) in [4.78, 5) is 31.9. The van der Waals surface area contributed by atoms with Gasteiger partial charge in [0, 0.05) is 84.7 Å². The zero-order chi connectivity index (χ0) is 21.9. The van der Waals surface area contributed by atoms with E-state index in [0.717, 1.165) is 51.1 Å². The number of anilines is 1. The molecule has 3 rings (SSSR count). The second-order valence-corrected chi connectivity index (χ2v) is 7.81. The average Bonchev–Trinajstić information content (AvgIpc) is 3.29. The van der Waals surface area contributed by atoms with Gasteiger partial charge in [0.15, 0.2) is 5.96 Å². The quantitative estimate of drug-likeness (QED) is 0.204. The van der Waals surface area contributed by atoms with Crippen molar-refractivity contribution >= 4 is 41.8 Å². The van der Waals surface area contributed by atoms with Gasteiger partial charge in [0.2, 0.25) is 11.9 Å². The Hall–Kier alpha value is -1.73. The summed E-state index contributed by atoms with van der Waals surface area (Å²) in [5, 5.41) is 3.35. The number of methoxy groups -OCH3 is 1. The van der Waals surface area contributed by atoms with Gasteiger partial charge in [-0.25, -0.2) is 9.97 Å². The third kappa shape index (κ3) is 8.00. The fourth-order valence-electron chi connectivity index (χ4n) is 3.94. The van der Waals surface area contributed by atoms with E-state index in [1.165, 1.54) is 0 Å². The van der Waals surface area contributed by atoms with Crippen molar-refractivity contribution in [2.24, 2.45) is 10.9 Å². The van der Waals surface area contributed by atoms with Crippen LogP contribution in [0.1, 0.15) is 12.8 Å². The molecule has 180 valence electrons. The number of nitrogens with one attached hydrogen (secondary N) is 1. The maximum absolute atomic E-state index is 12.6. The smallest absolute Gasteiger partial charge is 0.225 e. The van der Waals surface area contributed by atoms with Gasteiger partial charge in [-0.05, 0) is 12.5 Å². The summed E-state index contributed by atoms with van der Waals surface area (Å²) in [7, 11) is 3.47. The van der Waals surface area contributed by atoms with E-state index in [0.29, 0.717) is 45.2 Å². The molecule has 1 N–H and O–H groups in total. The van der Waals surface area contributed by atoms with E-state index in [9.17, 15) is 4.79 Å². The van der Waals surface area contributed by atoms with Gasteiger partial charge < -0.3 is 29.5 Å². The maximum atomic E-state index is 12.6. The van der Waals surface area contributed by atoms with Crippen LogP contribution < -0.4 is 10.2 Å². The summed E-state index contributed by atoms with van der Waals surface area (Å²) in [6.07, 6.45) is 5.03. The molecule has 0 spiro atoms. The molecule has 1 unspecified atom stereocenters. The Morgan fingerprint density at radius 3 is 2.59 bits per heavy atom. The number of carbonyl (C=O) groups is 1. The topological polar surface area (TPSA) is 95.4 Å². The number of guanidine groups is 1. The largest absolute Gasteiger partial charge is 0.382 e. The number of piperazine rings is 1. The highest BCUT2D eigenvalue weighted by Crippen LogP contribution is 2.16. The van der Waals surface area contributed by atoms with Crippen molar-refractivity contribution in [1.82, 2.24) is 25.1 Å². The highest BCUT2D eigenvalue weighted by molar-refractivity contribution is 14.0. The lowest BCUT2D eigenvalue weighted by Crippen LogP contribution is -2.50. The zero-order valence-electron chi connectivity index (χ0n) is 19.1. The Morgan fingerprint density at radius 2 is 1.91 bits per heavy atom. The number of hydrogen-bond donors (Lipinski definition) is 1. The van der Waals surface area contributed by atoms with Gasteiger partial charge in [0.1, 0.15) is 0 Å². The van der Waals surface area contributed by atoms with Crippen LogP contribution in [0.3, 0.4) is 0 Å². The van der Waals surface area contributed by atoms with Crippen molar-refractivity contribution in [3.8, 4) is 0 Å². The van der Waals surface area contributed by atoms with Crippen LogP contribution in [0, 0.1) is 5.92 Å². The Bertz CT molecular complexity index is 702. The normalized spacial score (nSPS) is 19.1. The molecule has 0 radical (unpaired) electrons. The number of likely N-dealkylation sites (tertiary alicyclic amines) is 1. The predicted molar refractivity (Wildman–Crippen MR) is 135 cm³/mol. The lowest BCUT2D eigenvalue weighted by atomic mass is 10.1. The molecule has 0 bridgehead atoms. The molecular formula is C21H36IN7O3. The summed E-state index contributed by atoms with van der Waals surface area (Å²) < 4.78 is 10.7. The molecular weight excluding hydrogens is 525 g/mol. The minimum absolute atomic E-state index is 0. The molecule has 32 heavy (non-hydrogen) atoms. The summed E-state index contributed by atoms with van der Waals surface area (Å²) in [6, 6.07) is 1.81. The van der Waals surface area contributed by atoms with Crippen LogP contribution in [-0.2, 0) is 14.3 Å². The Morgan fingerprint density at radius 1 is 1.16 bits per heavy atom. The summed E-state index contributed by atoms with van der Waals surface area (Å²) in [5.41, 5.74) is 0. The minimum atomic E-state index is 0. The van der Waals surface area contributed by atoms with Crippen molar-refractivity contribution < 1.29 is 14.3 Å². The van der Waals surface area contributed by atoms with E-state index in [4.69, 9.17) is 9.47 Å². The molecule has 1 atom stereocenters. The summed E-state index contributed by atoms with van der Waals surface area (Å²) in [6.45, 7) is 7.37. The van der Waals surface area contributed by atoms with Crippen LogP contribution in [0.4, 0.5) is 5.95 Å². The standard InChI is InChI=1S/C21H35N7O3.HI/c1-22-20(28-9-5-18(16-28)17-31-15-14-30-2)25-8-4-19(29)26-10-12-27(13-11-26)21-23-6-3-7-24-21;/h3,6-7,18H,4-5,8-17H2,1-2H3,(H,22,25);1H. The van der Waals surface area contributed by atoms with Crippen molar-refractivity contribution in [2.75, 3.05) is 84.7 Å². The average molecular weight is 561 g/mol. The fraction of sp³-hybridized carbons (Fsp3) is 0.714. The number of hydrogen-bond acceptors (Lipinski definition) is 7. The first-order valence-electron chi connectivity index (χ1n) is 11.0. The van der Waals surface area contributed by atoms with E-state index in [1.54, 1.807) is 26.6 Å². The molecule has 2 aliphatic heterocycles. The predicted octanol–water partition coefficient (Wildman–Crippen LogP) is 0.694. The number of rotatable bonds is 9. The zero-order valence-corrected chi connectivity index (χ0v) is 21.4. The molecule has 11 heteroatoms. The Balaban J connectivity index is 0.00000363. The highest BCUT2D eigenvalue weighted by Gasteiger charge is 2.26. The second kappa shape index (κ2) is 14.4. The van der Waals surface area contributed by atoms with Crippen LogP contribution in [0.25, 0.3) is 0 Å². The molecule has 1 aromatic heterocycles. The monoisotopic (exact) mass is 561 g/mol. The van der Waals surface area contributed by atoms with E-state index in [1.807, 2.05) is 11.0 Å².